The predicted molar refractivity (Wildman–Crippen MR) is 116 cm³/mol. The number of H-pyrrole nitrogens is 1. The SMILES string of the molecule is CC(=O)OC[C@H]1O[C@@H](n2c(NC3CCCC3)nc3c(=O)[nH]cnc32)[C@H](OC(C)=O)[C@@H]1OC(C)=O. The van der Waals surface area contributed by atoms with E-state index in [-0.39, 0.29) is 23.8 Å². The molecule has 3 heterocycles. The second-order valence-corrected chi connectivity index (χ2v) is 8.35. The molecule has 0 aromatic carbocycles. The zero-order valence-corrected chi connectivity index (χ0v) is 19.1. The highest BCUT2D eigenvalue weighted by Crippen LogP contribution is 2.38. The van der Waals surface area contributed by atoms with Crippen LogP contribution in [0.5, 0.6) is 0 Å². The number of fused-ring (bicyclic) bond motifs is 1. The van der Waals surface area contributed by atoms with E-state index in [4.69, 9.17) is 18.9 Å². The number of anilines is 1. The first-order valence-corrected chi connectivity index (χ1v) is 11.1. The highest BCUT2D eigenvalue weighted by atomic mass is 16.7. The number of carbonyl (C=O) groups excluding carboxylic acids is 3. The molecule has 13 nitrogen and oxygen atoms in total. The average molecular weight is 477 g/mol. The van der Waals surface area contributed by atoms with Crippen molar-refractivity contribution >= 4 is 35.0 Å². The van der Waals surface area contributed by atoms with Crippen LogP contribution < -0.4 is 10.9 Å². The second kappa shape index (κ2) is 9.79. The number of aromatic amines is 1. The Morgan fingerprint density at radius 1 is 1.12 bits per heavy atom. The summed E-state index contributed by atoms with van der Waals surface area (Å²) in [5.74, 6) is -1.51. The average Bonchev–Trinajstić information content (AvgIpc) is 3.46. The molecule has 0 bridgehead atoms. The second-order valence-electron chi connectivity index (χ2n) is 8.35. The monoisotopic (exact) mass is 477 g/mol. The fourth-order valence-electron chi connectivity index (χ4n) is 4.42. The van der Waals surface area contributed by atoms with Crippen LogP contribution in [0.15, 0.2) is 11.1 Å². The lowest BCUT2D eigenvalue weighted by molar-refractivity contribution is -0.166. The van der Waals surface area contributed by atoms with Crippen LogP contribution in [-0.4, -0.2) is 68.4 Å². The molecule has 2 aromatic heterocycles. The summed E-state index contributed by atoms with van der Waals surface area (Å²) in [4.78, 5) is 58.9. The number of hydrogen-bond donors (Lipinski definition) is 2. The summed E-state index contributed by atoms with van der Waals surface area (Å²) in [6, 6.07) is 0.129. The maximum absolute atomic E-state index is 12.5. The number of nitrogens with zero attached hydrogens (tertiary/aromatic N) is 3. The third kappa shape index (κ3) is 4.88. The molecule has 0 amide bonds. The van der Waals surface area contributed by atoms with Crippen LogP contribution in [0, 0.1) is 0 Å². The molecule has 1 aliphatic heterocycles. The van der Waals surface area contributed by atoms with Crippen LogP contribution >= 0.6 is 0 Å². The van der Waals surface area contributed by atoms with Gasteiger partial charge in [-0.3, -0.25) is 23.7 Å². The van der Waals surface area contributed by atoms with Gasteiger partial charge in [0.15, 0.2) is 29.6 Å². The van der Waals surface area contributed by atoms with Crippen molar-refractivity contribution in [2.45, 2.75) is 77.0 Å². The number of carbonyl (C=O) groups is 3. The molecule has 2 fully saturated rings. The third-order valence-electron chi connectivity index (χ3n) is 5.77. The van der Waals surface area contributed by atoms with E-state index in [1.807, 2.05) is 0 Å². The summed E-state index contributed by atoms with van der Waals surface area (Å²) in [7, 11) is 0. The largest absolute Gasteiger partial charge is 0.463 e. The molecule has 2 aliphatic rings. The standard InChI is InChI=1S/C21H27N5O8/c1-10(27)31-8-14-16(32-11(2)28)17(33-12(3)29)20(34-14)26-18-15(19(30)23-9-22-18)25-21(26)24-13-6-4-5-7-13/h9,13-14,16-17,20H,4-8H2,1-3H3,(H,24,25)(H,22,23,30)/t14-,16-,17-,20-/m1/s1. The van der Waals surface area contributed by atoms with Gasteiger partial charge in [0, 0.05) is 26.8 Å². The first kappa shape index (κ1) is 23.7. The molecule has 0 unspecified atom stereocenters. The van der Waals surface area contributed by atoms with Crippen molar-refractivity contribution in [3.05, 3.63) is 16.7 Å². The molecule has 184 valence electrons. The van der Waals surface area contributed by atoms with Crippen LogP contribution in [-0.2, 0) is 33.3 Å². The number of rotatable bonds is 7. The molecule has 0 radical (unpaired) electrons. The van der Waals surface area contributed by atoms with Crippen molar-refractivity contribution in [3.63, 3.8) is 0 Å². The summed E-state index contributed by atoms with van der Waals surface area (Å²) in [6.07, 6.45) is 0.996. The van der Waals surface area contributed by atoms with Crippen molar-refractivity contribution in [2.24, 2.45) is 0 Å². The topological polar surface area (TPSA) is 164 Å². The molecular weight excluding hydrogens is 450 g/mol. The lowest BCUT2D eigenvalue weighted by Crippen LogP contribution is -2.40. The van der Waals surface area contributed by atoms with Gasteiger partial charge < -0.3 is 29.2 Å². The maximum atomic E-state index is 12.5. The van der Waals surface area contributed by atoms with Gasteiger partial charge in [-0.15, -0.1) is 0 Å². The maximum Gasteiger partial charge on any atom is 0.303 e. The highest BCUT2D eigenvalue weighted by Gasteiger charge is 2.51. The number of aromatic nitrogens is 4. The molecule has 34 heavy (non-hydrogen) atoms. The molecule has 1 saturated carbocycles. The highest BCUT2D eigenvalue weighted by molar-refractivity contribution is 5.74. The zero-order chi connectivity index (χ0) is 24.4. The Hall–Kier alpha value is -3.48. The van der Waals surface area contributed by atoms with Crippen LogP contribution in [0.2, 0.25) is 0 Å². The Labute approximate surface area is 194 Å². The Kier molecular flexibility index (Phi) is 6.82. The summed E-state index contributed by atoms with van der Waals surface area (Å²) < 4.78 is 23.7. The van der Waals surface area contributed by atoms with E-state index >= 15 is 0 Å². The van der Waals surface area contributed by atoms with Crippen molar-refractivity contribution in [1.82, 2.24) is 19.5 Å². The van der Waals surface area contributed by atoms with Crippen LogP contribution in [0.25, 0.3) is 11.2 Å². The van der Waals surface area contributed by atoms with Gasteiger partial charge in [-0.25, -0.2) is 9.97 Å². The molecule has 2 aromatic rings. The number of hydrogen-bond acceptors (Lipinski definition) is 11. The van der Waals surface area contributed by atoms with Gasteiger partial charge in [0.05, 0.1) is 6.33 Å². The van der Waals surface area contributed by atoms with Gasteiger partial charge >= 0.3 is 17.9 Å². The quantitative estimate of drug-likeness (QED) is 0.428. The molecule has 1 saturated heterocycles. The predicted octanol–water partition coefficient (Wildman–Crippen LogP) is 0.798. The molecule has 0 spiro atoms. The number of ether oxygens (including phenoxy) is 4. The van der Waals surface area contributed by atoms with Crippen molar-refractivity contribution < 1.29 is 33.3 Å². The molecule has 4 rings (SSSR count). The van der Waals surface area contributed by atoms with Crippen molar-refractivity contribution in [2.75, 3.05) is 11.9 Å². The lowest BCUT2D eigenvalue weighted by atomic mass is 10.1. The molecule has 2 N–H and O–H groups in total. The minimum absolute atomic E-state index is 0.0700. The van der Waals surface area contributed by atoms with Crippen molar-refractivity contribution in [1.29, 1.82) is 0 Å². The fourth-order valence-corrected chi connectivity index (χ4v) is 4.42. The minimum atomic E-state index is -1.12. The van der Waals surface area contributed by atoms with Crippen LogP contribution in [0.1, 0.15) is 52.7 Å². The number of imidazole rings is 1. The number of esters is 3. The Morgan fingerprint density at radius 2 is 1.79 bits per heavy atom. The van der Waals surface area contributed by atoms with Gasteiger partial charge in [0.1, 0.15) is 12.7 Å². The third-order valence-corrected chi connectivity index (χ3v) is 5.77. The number of nitrogens with one attached hydrogen (secondary N) is 2. The van der Waals surface area contributed by atoms with Gasteiger partial charge in [-0.2, -0.15) is 0 Å². The van der Waals surface area contributed by atoms with Gasteiger partial charge in [-0.1, -0.05) is 12.8 Å². The molecule has 4 atom stereocenters. The van der Waals surface area contributed by atoms with Gasteiger partial charge in [-0.05, 0) is 12.8 Å². The van der Waals surface area contributed by atoms with Gasteiger partial charge in [0.2, 0.25) is 5.95 Å². The Bertz CT molecular complexity index is 1140. The summed E-state index contributed by atoms with van der Waals surface area (Å²) in [5, 5.41) is 3.34. The van der Waals surface area contributed by atoms with E-state index in [1.54, 1.807) is 0 Å². The normalized spacial score (nSPS) is 24.8. The van der Waals surface area contributed by atoms with Crippen molar-refractivity contribution in [3.8, 4) is 0 Å². The summed E-state index contributed by atoms with van der Waals surface area (Å²) in [5.41, 5.74) is -0.185. The van der Waals surface area contributed by atoms with E-state index in [0.717, 1.165) is 25.7 Å². The summed E-state index contributed by atoms with van der Waals surface area (Å²) >= 11 is 0. The van der Waals surface area contributed by atoms with Gasteiger partial charge in [0.25, 0.3) is 5.56 Å². The zero-order valence-electron chi connectivity index (χ0n) is 19.1. The van der Waals surface area contributed by atoms with E-state index < -0.39 is 48.0 Å². The molecule has 1 aliphatic carbocycles. The fraction of sp³-hybridized carbons (Fsp3) is 0.619. The first-order valence-electron chi connectivity index (χ1n) is 11.1. The van der Waals surface area contributed by atoms with Crippen LogP contribution in [0.3, 0.4) is 0 Å². The van der Waals surface area contributed by atoms with E-state index in [0.29, 0.717) is 5.95 Å². The lowest BCUT2D eigenvalue weighted by Gasteiger charge is -2.25. The first-order chi connectivity index (χ1) is 16.2. The molecule has 13 heteroatoms. The molecular formula is C21H27N5O8. The minimum Gasteiger partial charge on any atom is -0.463 e. The van der Waals surface area contributed by atoms with E-state index in [1.165, 1.54) is 31.7 Å². The Balaban J connectivity index is 1.80. The van der Waals surface area contributed by atoms with E-state index in [2.05, 4.69) is 20.3 Å². The van der Waals surface area contributed by atoms with Crippen LogP contribution in [0.4, 0.5) is 5.95 Å². The smallest absolute Gasteiger partial charge is 0.303 e. The summed E-state index contributed by atoms with van der Waals surface area (Å²) in [6.45, 7) is 3.42. The Morgan fingerprint density at radius 3 is 2.44 bits per heavy atom. The van der Waals surface area contributed by atoms with E-state index in [9.17, 15) is 19.2 Å².